The van der Waals surface area contributed by atoms with Gasteiger partial charge >= 0.3 is 0 Å². The molecule has 2 fully saturated rings. The lowest BCUT2D eigenvalue weighted by atomic mass is 9.90. The third-order valence-electron chi connectivity index (χ3n) is 5.18. The van der Waals surface area contributed by atoms with Gasteiger partial charge in [0.15, 0.2) is 0 Å². The van der Waals surface area contributed by atoms with Crippen LogP contribution in [0.25, 0.3) is 0 Å². The van der Waals surface area contributed by atoms with Crippen LogP contribution in [0.1, 0.15) is 37.0 Å². The van der Waals surface area contributed by atoms with E-state index in [1.165, 1.54) is 0 Å². The summed E-state index contributed by atoms with van der Waals surface area (Å²) in [5.41, 5.74) is 7.23. The molecule has 1 saturated carbocycles. The van der Waals surface area contributed by atoms with E-state index in [2.05, 4.69) is 19.2 Å². The Kier molecular flexibility index (Phi) is 5.56. The molecule has 3 unspecified atom stereocenters. The number of halogens is 1. The van der Waals surface area contributed by atoms with Crippen LogP contribution in [0.4, 0.5) is 5.69 Å². The molecule has 3 rings (SSSR count). The highest BCUT2D eigenvalue weighted by molar-refractivity contribution is 5.97. The van der Waals surface area contributed by atoms with E-state index in [-0.39, 0.29) is 35.6 Å². The van der Waals surface area contributed by atoms with Gasteiger partial charge in [-0.05, 0) is 55.0 Å². The number of amides is 2. The molecule has 132 valence electrons. The van der Waals surface area contributed by atoms with Crippen LogP contribution in [0, 0.1) is 17.3 Å². The quantitative estimate of drug-likeness (QED) is 0.875. The zero-order chi connectivity index (χ0) is 16.6. The predicted octanol–water partition coefficient (Wildman–Crippen LogP) is 2.51. The average Bonchev–Trinajstić information content (AvgIpc) is 3.15. The third-order valence-corrected chi connectivity index (χ3v) is 5.18. The van der Waals surface area contributed by atoms with E-state index in [9.17, 15) is 9.59 Å². The number of carbonyl (C=O) groups excluding carboxylic acids is 2. The number of hydrogen-bond acceptors (Lipinski definition) is 3. The molecule has 3 N–H and O–H groups in total. The fourth-order valence-corrected chi connectivity index (χ4v) is 3.16. The molecule has 0 aromatic heterocycles. The molecule has 0 bridgehead atoms. The van der Waals surface area contributed by atoms with Gasteiger partial charge in [0.05, 0.1) is 0 Å². The average molecular weight is 352 g/mol. The van der Waals surface area contributed by atoms with Gasteiger partial charge in [0, 0.05) is 30.3 Å². The maximum Gasteiger partial charge on any atom is 0.253 e. The van der Waals surface area contributed by atoms with Gasteiger partial charge in [-0.3, -0.25) is 9.59 Å². The molecule has 1 heterocycles. The largest absolute Gasteiger partial charge is 0.338 e. The molecule has 3 atom stereocenters. The highest BCUT2D eigenvalue weighted by Crippen LogP contribution is 2.38. The Bertz CT molecular complexity index is 619. The molecule has 2 amide bonds. The van der Waals surface area contributed by atoms with Crippen molar-refractivity contribution in [2.75, 3.05) is 25.0 Å². The number of nitrogens with one attached hydrogen (secondary N) is 1. The molecule has 6 heteroatoms. The van der Waals surface area contributed by atoms with Gasteiger partial charge in [-0.25, -0.2) is 0 Å². The minimum Gasteiger partial charge on any atom is -0.338 e. The number of hydrogen-bond donors (Lipinski definition) is 2. The zero-order valence-electron chi connectivity index (χ0n) is 14.2. The van der Waals surface area contributed by atoms with Gasteiger partial charge in [-0.2, -0.15) is 0 Å². The number of likely N-dealkylation sites (tertiary alicyclic amines) is 1. The molecule has 1 aromatic carbocycles. The SMILES string of the molecule is CC1CC1C(=O)Nc1ccc(C(=O)N2CCC(C)(CN)C2)cc1.Cl. The Morgan fingerprint density at radius 1 is 1.33 bits per heavy atom. The Morgan fingerprint density at radius 2 is 1.96 bits per heavy atom. The van der Waals surface area contributed by atoms with Crippen molar-refractivity contribution in [3.63, 3.8) is 0 Å². The first-order valence-corrected chi connectivity index (χ1v) is 8.32. The summed E-state index contributed by atoms with van der Waals surface area (Å²) < 4.78 is 0. The van der Waals surface area contributed by atoms with Gasteiger partial charge in [0.25, 0.3) is 5.91 Å². The molecular weight excluding hydrogens is 326 g/mol. The van der Waals surface area contributed by atoms with Gasteiger partial charge in [-0.15, -0.1) is 12.4 Å². The van der Waals surface area contributed by atoms with Crippen LogP contribution in [-0.4, -0.2) is 36.3 Å². The summed E-state index contributed by atoms with van der Waals surface area (Å²) in [6.07, 6.45) is 1.92. The lowest BCUT2D eigenvalue weighted by Crippen LogP contribution is -2.34. The second kappa shape index (κ2) is 7.11. The fraction of sp³-hybridized carbons (Fsp3) is 0.556. The number of carbonyl (C=O) groups is 2. The van der Waals surface area contributed by atoms with E-state index in [1.807, 2.05) is 4.90 Å². The standard InChI is InChI=1S/C18H25N3O2.ClH/c1-12-9-15(12)16(22)20-14-5-3-13(4-6-14)17(23)21-8-7-18(2,10-19)11-21;/h3-6,12,15H,7-11,19H2,1-2H3,(H,20,22);1H. The van der Waals surface area contributed by atoms with E-state index in [0.717, 1.165) is 25.1 Å². The van der Waals surface area contributed by atoms with Crippen molar-refractivity contribution in [1.29, 1.82) is 0 Å². The first-order valence-electron chi connectivity index (χ1n) is 8.32. The topological polar surface area (TPSA) is 75.4 Å². The van der Waals surface area contributed by atoms with Crippen molar-refractivity contribution in [2.24, 2.45) is 23.0 Å². The molecule has 1 aromatic rings. The van der Waals surface area contributed by atoms with Crippen molar-refractivity contribution in [3.8, 4) is 0 Å². The second-order valence-corrected chi connectivity index (χ2v) is 7.38. The fourth-order valence-electron chi connectivity index (χ4n) is 3.16. The summed E-state index contributed by atoms with van der Waals surface area (Å²) in [6.45, 7) is 6.27. The summed E-state index contributed by atoms with van der Waals surface area (Å²) in [6, 6.07) is 7.17. The van der Waals surface area contributed by atoms with Crippen molar-refractivity contribution in [1.82, 2.24) is 4.90 Å². The van der Waals surface area contributed by atoms with Crippen LogP contribution >= 0.6 is 12.4 Å². The summed E-state index contributed by atoms with van der Waals surface area (Å²) in [5.74, 6) is 0.753. The van der Waals surface area contributed by atoms with E-state index in [0.29, 0.717) is 24.6 Å². The third kappa shape index (κ3) is 3.90. The molecule has 24 heavy (non-hydrogen) atoms. The number of nitrogens with two attached hydrogens (primary N) is 1. The second-order valence-electron chi connectivity index (χ2n) is 7.38. The summed E-state index contributed by atoms with van der Waals surface area (Å²) in [5, 5.41) is 2.91. The smallest absolute Gasteiger partial charge is 0.253 e. The molecular formula is C18H26ClN3O2. The Hall–Kier alpha value is -1.59. The van der Waals surface area contributed by atoms with Gasteiger partial charge in [0.2, 0.25) is 5.91 Å². The number of rotatable bonds is 4. The zero-order valence-corrected chi connectivity index (χ0v) is 15.1. The van der Waals surface area contributed by atoms with Gasteiger partial charge in [0.1, 0.15) is 0 Å². The van der Waals surface area contributed by atoms with E-state index < -0.39 is 0 Å². The lowest BCUT2D eigenvalue weighted by Gasteiger charge is -2.22. The summed E-state index contributed by atoms with van der Waals surface area (Å²) in [7, 11) is 0. The minimum absolute atomic E-state index is 0. The number of nitrogens with zero attached hydrogens (tertiary/aromatic N) is 1. The van der Waals surface area contributed by atoms with E-state index in [4.69, 9.17) is 5.73 Å². The van der Waals surface area contributed by atoms with Crippen LogP contribution in [0.15, 0.2) is 24.3 Å². The Labute approximate surface area is 149 Å². The molecule has 1 aliphatic carbocycles. The van der Waals surface area contributed by atoms with Crippen LogP contribution in [0.2, 0.25) is 0 Å². The highest BCUT2D eigenvalue weighted by atomic mass is 35.5. The van der Waals surface area contributed by atoms with Gasteiger partial charge < -0.3 is 16.0 Å². The van der Waals surface area contributed by atoms with Crippen molar-refractivity contribution in [3.05, 3.63) is 29.8 Å². The highest BCUT2D eigenvalue weighted by Gasteiger charge is 2.39. The summed E-state index contributed by atoms with van der Waals surface area (Å²) in [4.78, 5) is 26.3. The Morgan fingerprint density at radius 3 is 2.46 bits per heavy atom. The summed E-state index contributed by atoms with van der Waals surface area (Å²) >= 11 is 0. The Balaban J connectivity index is 0.00000208. The van der Waals surface area contributed by atoms with Crippen LogP contribution in [0.3, 0.4) is 0 Å². The van der Waals surface area contributed by atoms with Crippen molar-refractivity contribution < 1.29 is 9.59 Å². The van der Waals surface area contributed by atoms with Crippen molar-refractivity contribution >= 4 is 29.9 Å². The molecule has 0 radical (unpaired) electrons. The molecule has 1 saturated heterocycles. The first kappa shape index (κ1) is 18.7. The van der Waals surface area contributed by atoms with Crippen molar-refractivity contribution in [2.45, 2.75) is 26.7 Å². The van der Waals surface area contributed by atoms with Gasteiger partial charge in [-0.1, -0.05) is 13.8 Å². The lowest BCUT2D eigenvalue weighted by molar-refractivity contribution is -0.117. The predicted molar refractivity (Wildman–Crippen MR) is 97.3 cm³/mol. The maximum absolute atomic E-state index is 12.5. The minimum atomic E-state index is 0. The monoisotopic (exact) mass is 351 g/mol. The molecule has 0 spiro atoms. The van der Waals surface area contributed by atoms with E-state index >= 15 is 0 Å². The first-order chi connectivity index (χ1) is 10.9. The van der Waals surface area contributed by atoms with E-state index in [1.54, 1.807) is 24.3 Å². The number of benzene rings is 1. The van der Waals surface area contributed by atoms with Crippen LogP contribution in [0.5, 0.6) is 0 Å². The van der Waals surface area contributed by atoms with Crippen LogP contribution < -0.4 is 11.1 Å². The van der Waals surface area contributed by atoms with Crippen LogP contribution in [-0.2, 0) is 4.79 Å². The normalized spacial score (nSPS) is 28.2. The molecule has 1 aliphatic heterocycles. The molecule has 2 aliphatic rings. The molecule has 5 nitrogen and oxygen atoms in total. The maximum atomic E-state index is 12.5. The number of anilines is 1.